The van der Waals surface area contributed by atoms with Crippen molar-refractivity contribution in [2.45, 2.75) is 12.1 Å². The van der Waals surface area contributed by atoms with Gasteiger partial charge in [-0.05, 0) is 42.5 Å². The van der Waals surface area contributed by atoms with Crippen LogP contribution in [0.15, 0.2) is 83.7 Å². The summed E-state index contributed by atoms with van der Waals surface area (Å²) in [5.41, 5.74) is 1.49. The number of amides is 2. The Balaban J connectivity index is 1.49. The first-order valence-corrected chi connectivity index (χ1v) is 13.1. The number of nitrogens with zero attached hydrogens (tertiary/aromatic N) is 3. The molecule has 0 bridgehead atoms. The van der Waals surface area contributed by atoms with Crippen LogP contribution in [0.25, 0.3) is 5.69 Å². The van der Waals surface area contributed by atoms with Crippen molar-refractivity contribution in [2.75, 3.05) is 9.96 Å². The number of rotatable bonds is 4. The molecule has 3 aromatic carbocycles. The van der Waals surface area contributed by atoms with Crippen LogP contribution in [0.3, 0.4) is 0 Å². The summed E-state index contributed by atoms with van der Waals surface area (Å²) in [6, 6.07) is 21.7. The fraction of sp³-hybridized carbons (Fsp3) is 0.115. The second kappa shape index (κ2) is 9.31. The number of carbonyl (C=O) groups is 2. The maximum atomic E-state index is 13.8. The van der Waals surface area contributed by atoms with E-state index >= 15 is 0 Å². The lowest BCUT2D eigenvalue weighted by Crippen LogP contribution is -2.37. The summed E-state index contributed by atoms with van der Waals surface area (Å²) >= 11 is 19.9. The first-order valence-electron chi connectivity index (χ1n) is 11.2. The van der Waals surface area contributed by atoms with E-state index in [0.717, 1.165) is 16.2 Å². The molecular weight excluding hydrogens is 557 g/mol. The van der Waals surface area contributed by atoms with E-state index < -0.39 is 29.9 Å². The first-order chi connectivity index (χ1) is 17.9. The highest BCUT2D eigenvalue weighted by atomic mass is 35.5. The lowest BCUT2D eigenvalue weighted by molar-refractivity contribution is -0.126. The van der Waals surface area contributed by atoms with Crippen LogP contribution in [0.1, 0.15) is 10.9 Å². The molecule has 0 aliphatic carbocycles. The largest absolute Gasteiger partial charge is 0.313 e. The Hall–Kier alpha value is -3.14. The summed E-state index contributed by atoms with van der Waals surface area (Å²) < 4.78 is 1.38. The molecule has 0 spiro atoms. The van der Waals surface area contributed by atoms with E-state index in [1.54, 1.807) is 42.5 Å². The van der Waals surface area contributed by atoms with Gasteiger partial charge in [0.15, 0.2) is 6.10 Å². The Morgan fingerprint density at radius 3 is 2.03 bits per heavy atom. The van der Waals surface area contributed by atoms with Gasteiger partial charge in [-0.2, -0.15) is 0 Å². The van der Waals surface area contributed by atoms with Crippen molar-refractivity contribution in [2.24, 2.45) is 5.92 Å². The number of hydrogen-bond donors (Lipinski definition) is 0. The molecule has 0 N–H and O–H groups in total. The average molecular weight is 573 g/mol. The molecule has 4 aromatic rings. The second-order valence-corrected chi connectivity index (χ2v) is 10.6. The van der Waals surface area contributed by atoms with E-state index in [0.29, 0.717) is 21.3 Å². The number of halogens is 3. The second-order valence-electron chi connectivity index (χ2n) is 8.46. The molecule has 3 atom stereocenters. The van der Waals surface area contributed by atoms with Crippen LogP contribution in [-0.4, -0.2) is 22.5 Å². The molecule has 2 aliphatic rings. The standard InChI is InChI=1S/C26H16Cl3N3O4S/c27-17-12-11-16(13-18(17)28)31-24(33)19-20(32(36-21(19)25(31)34)15-9-5-2-6-10-15)22-23(29)30(26(35)37-22)14-7-3-1-4-8-14/h1-13,19-21H/t19-,20-,21+/m0/s1. The maximum Gasteiger partial charge on any atom is 0.313 e. The van der Waals surface area contributed by atoms with Crippen LogP contribution in [0, 0.1) is 5.92 Å². The van der Waals surface area contributed by atoms with Gasteiger partial charge in [0.25, 0.3) is 5.91 Å². The predicted molar refractivity (Wildman–Crippen MR) is 144 cm³/mol. The van der Waals surface area contributed by atoms with Gasteiger partial charge in [0.1, 0.15) is 17.1 Å². The van der Waals surface area contributed by atoms with Crippen LogP contribution in [-0.2, 0) is 14.4 Å². The van der Waals surface area contributed by atoms with Crippen molar-refractivity contribution in [3.05, 3.63) is 109 Å². The molecule has 2 aliphatic heterocycles. The fourth-order valence-corrected chi connectivity index (χ4v) is 6.47. The third kappa shape index (κ3) is 3.88. The van der Waals surface area contributed by atoms with Gasteiger partial charge >= 0.3 is 4.87 Å². The molecule has 0 radical (unpaired) electrons. The summed E-state index contributed by atoms with van der Waals surface area (Å²) in [5.74, 6) is -1.98. The van der Waals surface area contributed by atoms with Gasteiger partial charge in [-0.25, -0.2) is 9.96 Å². The zero-order valence-electron chi connectivity index (χ0n) is 18.8. The normalized spacial score (nSPS) is 21.1. The Morgan fingerprint density at radius 2 is 1.38 bits per heavy atom. The quantitative estimate of drug-likeness (QED) is 0.284. The molecule has 11 heteroatoms. The predicted octanol–water partition coefficient (Wildman–Crippen LogP) is 5.91. The van der Waals surface area contributed by atoms with E-state index in [1.807, 2.05) is 24.3 Å². The first kappa shape index (κ1) is 24.2. The molecule has 2 saturated heterocycles. The lowest BCUT2D eigenvalue weighted by Gasteiger charge is -2.28. The van der Waals surface area contributed by atoms with E-state index in [4.69, 9.17) is 39.6 Å². The zero-order chi connectivity index (χ0) is 25.8. The van der Waals surface area contributed by atoms with Crippen LogP contribution < -0.4 is 14.8 Å². The molecule has 6 rings (SSSR count). The highest BCUT2D eigenvalue weighted by Gasteiger charge is 2.61. The molecule has 186 valence electrons. The Morgan fingerprint density at radius 1 is 0.730 bits per heavy atom. The van der Waals surface area contributed by atoms with Crippen molar-refractivity contribution in [1.29, 1.82) is 0 Å². The van der Waals surface area contributed by atoms with Gasteiger partial charge in [-0.1, -0.05) is 82.5 Å². The number of imide groups is 1. The number of para-hydroxylation sites is 2. The van der Waals surface area contributed by atoms with Crippen molar-refractivity contribution in [3.8, 4) is 5.69 Å². The summed E-state index contributed by atoms with van der Waals surface area (Å²) in [6.07, 6.45) is -1.12. The van der Waals surface area contributed by atoms with Crippen molar-refractivity contribution in [3.63, 3.8) is 0 Å². The van der Waals surface area contributed by atoms with Crippen LogP contribution >= 0.6 is 46.1 Å². The van der Waals surface area contributed by atoms with Crippen molar-refractivity contribution < 1.29 is 14.4 Å². The third-order valence-corrected chi connectivity index (χ3v) is 8.59. The number of fused-ring (bicyclic) bond motifs is 1. The molecule has 2 fully saturated rings. The van der Waals surface area contributed by atoms with Crippen molar-refractivity contribution in [1.82, 2.24) is 4.57 Å². The summed E-state index contributed by atoms with van der Waals surface area (Å²) in [4.78, 5) is 47.7. The number of thiazole rings is 1. The molecule has 37 heavy (non-hydrogen) atoms. The molecular formula is C26H16Cl3N3O4S. The number of hydrogen-bond acceptors (Lipinski definition) is 6. The molecule has 3 heterocycles. The SMILES string of the molecule is O=C1[C@H]2[C@@H](c3sc(=O)n(-c4ccccc4)c3Cl)N(c3ccccc3)O[C@H]2C(=O)N1c1ccc(Cl)c(Cl)c1. The van der Waals surface area contributed by atoms with E-state index in [1.165, 1.54) is 21.8 Å². The lowest BCUT2D eigenvalue weighted by atomic mass is 9.95. The molecule has 0 saturated carbocycles. The minimum atomic E-state index is -1.12. The molecule has 7 nitrogen and oxygen atoms in total. The van der Waals surface area contributed by atoms with Gasteiger partial charge in [0.05, 0.1) is 32.0 Å². The maximum absolute atomic E-state index is 13.8. The number of carbonyl (C=O) groups excluding carboxylic acids is 2. The topological polar surface area (TPSA) is 71.9 Å². The van der Waals surface area contributed by atoms with E-state index in [2.05, 4.69) is 0 Å². The minimum absolute atomic E-state index is 0.157. The fourth-order valence-electron chi connectivity index (χ4n) is 4.71. The molecule has 0 unspecified atom stereocenters. The summed E-state index contributed by atoms with van der Waals surface area (Å²) in [5, 5.41) is 2.17. The summed E-state index contributed by atoms with van der Waals surface area (Å²) in [7, 11) is 0. The Labute approximate surface area is 229 Å². The zero-order valence-corrected chi connectivity index (χ0v) is 21.8. The third-order valence-electron chi connectivity index (χ3n) is 6.35. The number of aromatic nitrogens is 1. The molecule has 1 aromatic heterocycles. The highest BCUT2D eigenvalue weighted by molar-refractivity contribution is 7.10. The van der Waals surface area contributed by atoms with Gasteiger partial charge in [-0.15, -0.1) is 0 Å². The van der Waals surface area contributed by atoms with E-state index in [9.17, 15) is 14.4 Å². The van der Waals surface area contributed by atoms with Crippen molar-refractivity contribution >= 4 is 69.3 Å². The Bertz CT molecular complexity index is 1590. The summed E-state index contributed by atoms with van der Waals surface area (Å²) in [6.45, 7) is 0. The van der Waals surface area contributed by atoms with E-state index in [-0.39, 0.29) is 20.7 Å². The smallest absolute Gasteiger partial charge is 0.273 e. The Kier molecular flexibility index (Phi) is 6.09. The van der Waals surface area contributed by atoms with Gasteiger partial charge in [0.2, 0.25) is 5.91 Å². The average Bonchev–Trinajstić information content (AvgIpc) is 3.51. The van der Waals surface area contributed by atoms with Gasteiger partial charge in [0, 0.05) is 0 Å². The van der Waals surface area contributed by atoms with Gasteiger partial charge in [-0.3, -0.25) is 23.8 Å². The minimum Gasteiger partial charge on any atom is -0.273 e. The molecule has 2 amide bonds. The number of hydroxylamine groups is 1. The highest BCUT2D eigenvalue weighted by Crippen LogP contribution is 2.50. The van der Waals surface area contributed by atoms with Crippen LogP contribution in [0.2, 0.25) is 15.2 Å². The number of benzene rings is 3. The monoisotopic (exact) mass is 571 g/mol. The van der Waals surface area contributed by atoms with Crippen LogP contribution in [0.5, 0.6) is 0 Å². The number of anilines is 2. The van der Waals surface area contributed by atoms with Crippen LogP contribution in [0.4, 0.5) is 11.4 Å². The van der Waals surface area contributed by atoms with Gasteiger partial charge < -0.3 is 0 Å².